The standard InChI is InChI=1S/C24H25NO2/c1-25(2)21-12-6-10-19(17-21)14-15-23(26)22-13-7-11-20(24(22)27)16-18-8-4-3-5-9-18/h3-6,8-10,12,14-17,22H,7,11,13H2,1-2H3. The Morgan fingerprint density at radius 1 is 1.04 bits per heavy atom. The van der Waals surface area contributed by atoms with Gasteiger partial charge in [0.15, 0.2) is 11.6 Å². The van der Waals surface area contributed by atoms with Gasteiger partial charge in [-0.15, -0.1) is 0 Å². The van der Waals surface area contributed by atoms with E-state index < -0.39 is 5.92 Å². The number of anilines is 1. The van der Waals surface area contributed by atoms with Crippen molar-refractivity contribution in [2.24, 2.45) is 5.92 Å². The molecule has 1 unspecified atom stereocenters. The zero-order valence-electron chi connectivity index (χ0n) is 15.9. The van der Waals surface area contributed by atoms with Crippen molar-refractivity contribution in [3.05, 3.63) is 77.4 Å². The number of ketones is 2. The summed E-state index contributed by atoms with van der Waals surface area (Å²) < 4.78 is 0. The fourth-order valence-corrected chi connectivity index (χ4v) is 3.34. The number of rotatable bonds is 5. The Balaban J connectivity index is 1.73. The second-order valence-corrected chi connectivity index (χ2v) is 7.11. The molecule has 0 spiro atoms. The second-order valence-electron chi connectivity index (χ2n) is 7.11. The molecule has 3 rings (SSSR count). The van der Waals surface area contributed by atoms with Gasteiger partial charge in [-0.25, -0.2) is 0 Å². The Hall–Kier alpha value is -2.94. The molecule has 2 aromatic carbocycles. The molecular weight excluding hydrogens is 334 g/mol. The first-order chi connectivity index (χ1) is 13.0. The molecule has 0 heterocycles. The van der Waals surface area contributed by atoms with Crippen LogP contribution in [0.3, 0.4) is 0 Å². The Bertz CT molecular complexity index is 878. The maximum Gasteiger partial charge on any atom is 0.169 e. The molecule has 27 heavy (non-hydrogen) atoms. The van der Waals surface area contributed by atoms with E-state index in [1.54, 1.807) is 12.2 Å². The zero-order valence-corrected chi connectivity index (χ0v) is 15.9. The number of carbonyl (C=O) groups excluding carboxylic acids is 2. The van der Waals surface area contributed by atoms with Crippen LogP contribution in [0.2, 0.25) is 0 Å². The van der Waals surface area contributed by atoms with Crippen LogP contribution in [0.15, 0.2) is 66.2 Å². The van der Waals surface area contributed by atoms with Gasteiger partial charge in [-0.3, -0.25) is 9.59 Å². The fourth-order valence-electron chi connectivity index (χ4n) is 3.34. The summed E-state index contributed by atoms with van der Waals surface area (Å²) in [4.78, 5) is 27.5. The zero-order chi connectivity index (χ0) is 19.2. The highest BCUT2D eigenvalue weighted by atomic mass is 16.1. The molecule has 0 aromatic heterocycles. The van der Waals surface area contributed by atoms with E-state index in [1.165, 1.54) is 0 Å². The van der Waals surface area contributed by atoms with Crippen LogP contribution in [-0.4, -0.2) is 25.7 Å². The molecule has 1 aliphatic carbocycles. The van der Waals surface area contributed by atoms with E-state index in [4.69, 9.17) is 0 Å². The Labute approximate surface area is 161 Å². The summed E-state index contributed by atoms with van der Waals surface area (Å²) in [5.41, 5.74) is 3.79. The molecule has 0 radical (unpaired) electrons. The number of Topliss-reactive ketones (excluding diaryl/α,β-unsaturated/α-hetero) is 1. The topological polar surface area (TPSA) is 37.4 Å². The first-order valence-electron chi connectivity index (χ1n) is 9.34. The van der Waals surface area contributed by atoms with Gasteiger partial charge in [-0.05, 0) is 60.2 Å². The Kier molecular flexibility index (Phi) is 6.02. The van der Waals surface area contributed by atoms with Crippen molar-refractivity contribution < 1.29 is 9.59 Å². The lowest BCUT2D eigenvalue weighted by molar-refractivity contribution is -0.129. The van der Waals surface area contributed by atoms with Crippen molar-refractivity contribution in [1.82, 2.24) is 0 Å². The van der Waals surface area contributed by atoms with Crippen LogP contribution in [0.1, 0.15) is 30.4 Å². The van der Waals surface area contributed by atoms with E-state index in [-0.39, 0.29) is 11.6 Å². The van der Waals surface area contributed by atoms with E-state index in [0.717, 1.165) is 35.2 Å². The van der Waals surface area contributed by atoms with Crippen molar-refractivity contribution >= 4 is 29.4 Å². The van der Waals surface area contributed by atoms with Gasteiger partial charge in [0, 0.05) is 19.8 Å². The summed E-state index contributed by atoms with van der Waals surface area (Å²) >= 11 is 0. The average molecular weight is 359 g/mol. The lowest BCUT2D eigenvalue weighted by Gasteiger charge is -2.21. The molecule has 2 aromatic rings. The van der Waals surface area contributed by atoms with Gasteiger partial charge in [0.25, 0.3) is 0 Å². The highest BCUT2D eigenvalue weighted by molar-refractivity contribution is 6.16. The maximum absolute atomic E-state index is 12.8. The SMILES string of the molecule is CN(C)c1cccc(C=CC(=O)C2CCCC(=Cc3ccccc3)C2=O)c1. The highest BCUT2D eigenvalue weighted by Crippen LogP contribution is 2.28. The summed E-state index contributed by atoms with van der Waals surface area (Å²) in [5, 5.41) is 0. The fraction of sp³-hybridized carbons (Fsp3) is 0.250. The van der Waals surface area contributed by atoms with Gasteiger partial charge < -0.3 is 4.90 Å². The van der Waals surface area contributed by atoms with Gasteiger partial charge >= 0.3 is 0 Å². The summed E-state index contributed by atoms with van der Waals surface area (Å²) in [5.74, 6) is -0.683. The predicted molar refractivity (Wildman–Crippen MR) is 112 cm³/mol. The maximum atomic E-state index is 12.8. The van der Waals surface area contributed by atoms with Crippen molar-refractivity contribution in [2.75, 3.05) is 19.0 Å². The second kappa shape index (κ2) is 8.63. The minimum absolute atomic E-state index is 0.0261. The van der Waals surface area contributed by atoms with Gasteiger partial charge in [0.2, 0.25) is 0 Å². The lowest BCUT2D eigenvalue weighted by atomic mass is 9.81. The molecule has 1 fully saturated rings. The molecule has 1 atom stereocenters. The normalized spacial score (nSPS) is 18.8. The van der Waals surface area contributed by atoms with Crippen molar-refractivity contribution in [2.45, 2.75) is 19.3 Å². The third-order valence-corrected chi connectivity index (χ3v) is 4.88. The van der Waals surface area contributed by atoms with E-state index in [9.17, 15) is 9.59 Å². The van der Waals surface area contributed by atoms with Crippen LogP contribution < -0.4 is 4.90 Å². The number of carbonyl (C=O) groups is 2. The Morgan fingerprint density at radius 3 is 2.52 bits per heavy atom. The quantitative estimate of drug-likeness (QED) is 0.569. The van der Waals surface area contributed by atoms with Gasteiger partial charge in [-0.1, -0.05) is 48.5 Å². The van der Waals surface area contributed by atoms with E-state index >= 15 is 0 Å². The van der Waals surface area contributed by atoms with Crippen LogP contribution in [0.4, 0.5) is 5.69 Å². The molecule has 3 heteroatoms. The molecule has 0 amide bonds. The monoisotopic (exact) mass is 359 g/mol. The molecule has 0 saturated heterocycles. The molecule has 0 N–H and O–H groups in total. The average Bonchev–Trinajstić information content (AvgIpc) is 2.69. The molecule has 3 nitrogen and oxygen atoms in total. The molecule has 1 saturated carbocycles. The van der Waals surface area contributed by atoms with E-state index in [2.05, 4.69) is 0 Å². The highest BCUT2D eigenvalue weighted by Gasteiger charge is 2.30. The van der Waals surface area contributed by atoms with Crippen molar-refractivity contribution in [3.63, 3.8) is 0 Å². The minimum Gasteiger partial charge on any atom is -0.378 e. The lowest BCUT2D eigenvalue weighted by Crippen LogP contribution is -2.27. The molecule has 138 valence electrons. The van der Waals surface area contributed by atoms with Gasteiger partial charge in [-0.2, -0.15) is 0 Å². The van der Waals surface area contributed by atoms with E-state index in [1.807, 2.05) is 79.7 Å². The third kappa shape index (κ3) is 4.82. The van der Waals surface area contributed by atoms with Crippen LogP contribution >= 0.6 is 0 Å². The van der Waals surface area contributed by atoms with E-state index in [0.29, 0.717) is 6.42 Å². The number of hydrogen-bond acceptors (Lipinski definition) is 3. The first-order valence-corrected chi connectivity index (χ1v) is 9.34. The van der Waals surface area contributed by atoms with Gasteiger partial charge in [0.05, 0.1) is 5.92 Å². The minimum atomic E-state index is -0.554. The van der Waals surface area contributed by atoms with Crippen LogP contribution in [0.5, 0.6) is 0 Å². The van der Waals surface area contributed by atoms with Gasteiger partial charge in [0.1, 0.15) is 0 Å². The molecular formula is C24H25NO2. The smallest absolute Gasteiger partial charge is 0.169 e. The molecule has 0 bridgehead atoms. The number of allylic oxidation sites excluding steroid dienone is 2. The van der Waals surface area contributed by atoms with Crippen LogP contribution in [-0.2, 0) is 9.59 Å². The predicted octanol–water partition coefficient (Wildman–Crippen LogP) is 4.79. The summed E-state index contributed by atoms with van der Waals surface area (Å²) in [6.07, 6.45) is 7.52. The number of benzene rings is 2. The largest absolute Gasteiger partial charge is 0.378 e. The van der Waals surface area contributed by atoms with Crippen molar-refractivity contribution in [1.29, 1.82) is 0 Å². The third-order valence-electron chi connectivity index (χ3n) is 4.88. The summed E-state index contributed by atoms with van der Waals surface area (Å²) in [7, 11) is 3.96. The number of hydrogen-bond donors (Lipinski definition) is 0. The molecule has 0 aliphatic heterocycles. The Morgan fingerprint density at radius 2 is 1.78 bits per heavy atom. The number of nitrogens with zero attached hydrogens (tertiary/aromatic N) is 1. The summed E-state index contributed by atoms with van der Waals surface area (Å²) in [6, 6.07) is 17.8. The van der Waals surface area contributed by atoms with Crippen LogP contribution in [0, 0.1) is 5.92 Å². The summed E-state index contributed by atoms with van der Waals surface area (Å²) in [6.45, 7) is 0. The first kappa shape index (κ1) is 18.8. The molecule has 1 aliphatic rings. The van der Waals surface area contributed by atoms with Crippen molar-refractivity contribution in [3.8, 4) is 0 Å². The van der Waals surface area contributed by atoms with Crippen LogP contribution in [0.25, 0.3) is 12.2 Å².